The second-order valence-corrected chi connectivity index (χ2v) is 7.37. The highest BCUT2D eigenvalue weighted by molar-refractivity contribution is 5.96. The van der Waals surface area contributed by atoms with Gasteiger partial charge in [-0.25, -0.2) is 0 Å². The van der Waals surface area contributed by atoms with Gasteiger partial charge in [-0.1, -0.05) is 32.9 Å². The lowest BCUT2D eigenvalue weighted by Crippen LogP contribution is -2.40. The molecule has 1 aliphatic carbocycles. The first-order valence-electron chi connectivity index (χ1n) is 8.03. The van der Waals surface area contributed by atoms with Crippen molar-refractivity contribution in [1.82, 2.24) is 10.6 Å². The van der Waals surface area contributed by atoms with E-state index in [0.29, 0.717) is 18.4 Å². The first-order chi connectivity index (χ1) is 11.1. The molecule has 1 fully saturated rings. The van der Waals surface area contributed by atoms with Crippen molar-refractivity contribution in [2.24, 2.45) is 5.41 Å². The maximum absolute atomic E-state index is 12.0. The lowest BCUT2D eigenvalue weighted by molar-refractivity contribution is -0.143. The second-order valence-electron chi connectivity index (χ2n) is 7.37. The van der Waals surface area contributed by atoms with E-state index in [-0.39, 0.29) is 30.3 Å². The molecule has 0 aliphatic heterocycles. The van der Waals surface area contributed by atoms with E-state index in [0.717, 1.165) is 5.56 Å². The average molecular weight is 332 g/mol. The van der Waals surface area contributed by atoms with Gasteiger partial charge in [0.25, 0.3) is 5.91 Å². The smallest absolute Gasteiger partial charge is 0.311 e. The first-order valence-corrected chi connectivity index (χ1v) is 8.03. The van der Waals surface area contributed by atoms with E-state index in [1.807, 2.05) is 12.1 Å². The third kappa shape index (κ3) is 4.34. The molecule has 130 valence electrons. The van der Waals surface area contributed by atoms with E-state index in [9.17, 15) is 14.4 Å². The Bertz CT molecular complexity index is 640. The van der Waals surface area contributed by atoms with E-state index in [4.69, 9.17) is 5.11 Å². The zero-order chi connectivity index (χ0) is 18.0. The summed E-state index contributed by atoms with van der Waals surface area (Å²) in [5, 5.41) is 14.2. The molecule has 6 heteroatoms. The van der Waals surface area contributed by atoms with Crippen LogP contribution in [0, 0.1) is 5.41 Å². The monoisotopic (exact) mass is 332 g/mol. The molecule has 1 aromatic carbocycles. The number of aliphatic carboxylic acids is 1. The van der Waals surface area contributed by atoms with E-state index >= 15 is 0 Å². The zero-order valence-electron chi connectivity index (χ0n) is 14.3. The van der Waals surface area contributed by atoms with Crippen LogP contribution in [-0.4, -0.2) is 36.0 Å². The van der Waals surface area contributed by atoms with Crippen LogP contribution >= 0.6 is 0 Å². The number of hydrogen-bond acceptors (Lipinski definition) is 3. The van der Waals surface area contributed by atoms with Gasteiger partial charge in [0.15, 0.2) is 0 Å². The average Bonchev–Trinajstić information content (AvgIpc) is 3.31. The van der Waals surface area contributed by atoms with Crippen LogP contribution in [0.1, 0.15) is 49.5 Å². The van der Waals surface area contributed by atoms with Gasteiger partial charge in [-0.15, -0.1) is 0 Å². The summed E-state index contributed by atoms with van der Waals surface area (Å²) in [4.78, 5) is 34.8. The van der Waals surface area contributed by atoms with Crippen molar-refractivity contribution >= 4 is 17.8 Å². The summed E-state index contributed by atoms with van der Waals surface area (Å²) >= 11 is 0. The van der Waals surface area contributed by atoms with Gasteiger partial charge in [0.2, 0.25) is 5.91 Å². The van der Waals surface area contributed by atoms with Gasteiger partial charge < -0.3 is 15.7 Å². The normalized spacial score (nSPS) is 15.5. The van der Waals surface area contributed by atoms with E-state index in [1.165, 1.54) is 0 Å². The highest BCUT2D eigenvalue weighted by Gasteiger charge is 2.50. The summed E-state index contributed by atoms with van der Waals surface area (Å²) < 4.78 is 0. The number of hydrogen-bond donors (Lipinski definition) is 3. The molecule has 2 rings (SSSR count). The topological polar surface area (TPSA) is 95.5 Å². The number of amides is 2. The predicted molar refractivity (Wildman–Crippen MR) is 89.8 cm³/mol. The molecule has 1 aromatic rings. The van der Waals surface area contributed by atoms with Crippen molar-refractivity contribution in [3.05, 3.63) is 35.4 Å². The zero-order valence-corrected chi connectivity index (χ0v) is 14.3. The van der Waals surface area contributed by atoms with Gasteiger partial charge >= 0.3 is 5.97 Å². The minimum absolute atomic E-state index is 0.0117. The molecular formula is C18H24N2O4. The number of carboxylic acid groups (broad SMARTS) is 1. The lowest BCUT2D eigenvalue weighted by Gasteiger charge is -2.19. The number of benzene rings is 1. The number of carboxylic acids is 1. The van der Waals surface area contributed by atoms with Crippen molar-refractivity contribution in [3.63, 3.8) is 0 Å². The minimum atomic E-state index is -0.884. The SMILES string of the molecule is CC(C)(C)c1ccc(C(=O)NCC(=O)NCC2(C(=O)O)CC2)cc1. The third-order valence-corrected chi connectivity index (χ3v) is 4.35. The number of carbonyl (C=O) groups excluding carboxylic acids is 2. The molecule has 3 N–H and O–H groups in total. The Morgan fingerprint density at radius 1 is 1.08 bits per heavy atom. The summed E-state index contributed by atoms with van der Waals surface area (Å²) in [5.41, 5.74) is 0.820. The van der Waals surface area contributed by atoms with Gasteiger partial charge in [-0.3, -0.25) is 14.4 Å². The molecule has 24 heavy (non-hydrogen) atoms. The largest absolute Gasteiger partial charge is 0.481 e. The molecule has 1 saturated carbocycles. The molecule has 0 heterocycles. The molecule has 0 spiro atoms. The van der Waals surface area contributed by atoms with Crippen LogP contribution < -0.4 is 10.6 Å². The van der Waals surface area contributed by atoms with Gasteiger partial charge in [-0.2, -0.15) is 0 Å². The van der Waals surface area contributed by atoms with Crippen LogP contribution in [0.25, 0.3) is 0 Å². The van der Waals surface area contributed by atoms with Gasteiger partial charge in [-0.05, 0) is 36.0 Å². The van der Waals surface area contributed by atoms with Crippen LogP contribution in [0.2, 0.25) is 0 Å². The molecule has 0 saturated heterocycles. The molecule has 0 unspecified atom stereocenters. The van der Waals surface area contributed by atoms with Crippen molar-refractivity contribution < 1.29 is 19.5 Å². The molecule has 0 atom stereocenters. The molecule has 0 aromatic heterocycles. The van der Waals surface area contributed by atoms with Crippen molar-refractivity contribution in [2.45, 2.75) is 39.0 Å². The molecule has 0 bridgehead atoms. The highest BCUT2D eigenvalue weighted by atomic mass is 16.4. The summed E-state index contributed by atoms with van der Waals surface area (Å²) in [7, 11) is 0. The van der Waals surface area contributed by atoms with Gasteiger partial charge in [0.1, 0.15) is 0 Å². The second kappa shape index (κ2) is 6.63. The Hall–Kier alpha value is -2.37. The maximum Gasteiger partial charge on any atom is 0.311 e. The van der Waals surface area contributed by atoms with Crippen molar-refractivity contribution in [3.8, 4) is 0 Å². The van der Waals surface area contributed by atoms with Crippen LogP contribution in [-0.2, 0) is 15.0 Å². The lowest BCUT2D eigenvalue weighted by atomic mass is 9.87. The number of carbonyl (C=O) groups is 3. The molecule has 0 radical (unpaired) electrons. The van der Waals surface area contributed by atoms with Crippen LogP contribution in [0.5, 0.6) is 0 Å². The fourth-order valence-corrected chi connectivity index (χ4v) is 2.33. The Morgan fingerprint density at radius 3 is 2.12 bits per heavy atom. The Labute approximate surface area is 141 Å². The third-order valence-electron chi connectivity index (χ3n) is 4.35. The summed E-state index contributed by atoms with van der Waals surface area (Å²) in [6.45, 7) is 6.22. The van der Waals surface area contributed by atoms with Gasteiger partial charge in [0, 0.05) is 12.1 Å². The molecular weight excluding hydrogens is 308 g/mol. The molecule has 2 amide bonds. The fourth-order valence-electron chi connectivity index (χ4n) is 2.33. The molecule has 6 nitrogen and oxygen atoms in total. The summed E-state index contributed by atoms with van der Waals surface area (Å²) in [6, 6.07) is 7.27. The molecule has 1 aliphatic rings. The standard InChI is InChI=1S/C18H24N2O4/c1-17(2,3)13-6-4-12(5-7-13)15(22)19-10-14(21)20-11-18(8-9-18)16(23)24/h4-7H,8-11H2,1-3H3,(H,19,22)(H,20,21)(H,23,24). The van der Waals surface area contributed by atoms with Crippen LogP contribution in [0.15, 0.2) is 24.3 Å². The predicted octanol–water partition coefficient (Wildman–Crippen LogP) is 1.69. The first kappa shape index (κ1) is 18.0. The Kier molecular flexibility index (Phi) is 4.96. The summed E-state index contributed by atoms with van der Waals surface area (Å²) in [5.74, 6) is -1.60. The van der Waals surface area contributed by atoms with Gasteiger partial charge in [0.05, 0.1) is 12.0 Å². The van der Waals surface area contributed by atoms with Crippen molar-refractivity contribution in [2.75, 3.05) is 13.1 Å². The minimum Gasteiger partial charge on any atom is -0.481 e. The Balaban J connectivity index is 1.80. The van der Waals surface area contributed by atoms with E-state index in [2.05, 4.69) is 31.4 Å². The highest BCUT2D eigenvalue weighted by Crippen LogP contribution is 2.45. The fraction of sp³-hybridized carbons (Fsp3) is 0.500. The van der Waals surface area contributed by atoms with Crippen molar-refractivity contribution in [1.29, 1.82) is 0 Å². The van der Waals surface area contributed by atoms with Crippen LogP contribution in [0.4, 0.5) is 0 Å². The maximum atomic E-state index is 12.0. The van der Waals surface area contributed by atoms with Crippen LogP contribution in [0.3, 0.4) is 0 Å². The van der Waals surface area contributed by atoms with E-state index in [1.54, 1.807) is 12.1 Å². The Morgan fingerprint density at radius 2 is 1.67 bits per heavy atom. The quantitative estimate of drug-likeness (QED) is 0.739. The number of nitrogens with one attached hydrogen (secondary N) is 2. The number of rotatable bonds is 6. The van der Waals surface area contributed by atoms with E-state index < -0.39 is 11.4 Å². The summed E-state index contributed by atoms with van der Waals surface area (Å²) in [6.07, 6.45) is 1.16.